The minimum Gasteiger partial charge on any atom is -0.497 e. The number of nitrogens with zero attached hydrogens (tertiary/aromatic N) is 3. The maximum atomic E-state index is 10.5. The van der Waals surface area contributed by atoms with Gasteiger partial charge in [-0.25, -0.2) is 9.67 Å². The highest BCUT2D eigenvalue weighted by Crippen LogP contribution is 2.29. The molecule has 2 aromatic rings. The van der Waals surface area contributed by atoms with E-state index in [1.54, 1.807) is 26.6 Å². The average Bonchev–Trinajstić information content (AvgIpc) is 3.06. The second kappa shape index (κ2) is 6.97. The van der Waals surface area contributed by atoms with Crippen LogP contribution in [0.5, 0.6) is 11.5 Å². The molecule has 0 bridgehead atoms. The molecule has 124 valence electrons. The smallest absolute Gasteiger partial charge is 0.138 e. The monoisotopic (exact) mass is 318 g/mol. The molecule has 7 nitrogen and oxygen atoms in total. The molecule has 3 rings (SSSR count). The van der Waals surface area contributed by atoms with E-state index in [0.29, 0.717) is 18.0 Å². The zero-order valence-corrected chi connectivity index (χ0v) is 13.4. The van der Waals surface area contributed by atoms with Crippen LogP contribution in [0.4, 0.5) is 0 Å². The summed E-state index contributed by atoms with van der Waals surface area (Å²) < 4.78 is 12.5. The van der Waals surface area contributed by atoms with E-state index < -0.39 is 6.10 Å². The van der Waals surface area contributed by atoms with Crippen molar-refractivity contribution in [3.63, 3.8) is 0 Å². The van der Waals surface area contributed by atoms with Crippen LogP contribution in [-0.2, 0) is 13.0 Å². The molecule has 0 unspecified atom stereocenters. The van der Waals surface area contributed by atoms with E-state index in [2.05, 4.69) is 15.4 Å². The first-order valence-electron chi connectivity index (χ1n) is 7.71. The van der Waals surface area contributed by atoms with Crippen LogP contribution >= 0.6 is 0 Å². The van der Waals surface area contributed by atoms with E-state index in [1.165, 1.54) is 0 Å². The molecule has 0 fully saturated rings. The number of methoxy groups -OCH3 is 2. The minimum atomic E-state index is -0.669. The van der Waals surface area contributed by atoms with Crippen molar-refractivity contribution in [2.24, 2.45) is 0 Å². The lowest BCUT2D eigenvalue weighted by Crippen LogP contribution is -2.39. The Morgan fingerprint density at radius 1 is 1.39 bits per heavy atom. The summed E-state index contributed by atoms with van der Waals surface area (Å²) in [4.78, 5) is 4.22. The van der Waals surface area contributed by atoms with Gasteiger partial charge in [0.15, 0.2) is 0 Å². The van der Waals surface area contributed by atoms with Gasteiger partial charge in [0, 0.05) is 24.6 Å². The van der Waals surface area contributed by atoms with Crippen LogP contribution in [0.25, 0.3) is 0 Å². The van der Waals surface area contributed by atoms with Crippen molar-refractivity contribution in [1.82, 2.24) is 20.1 Å². The summed E-state index contributed by atoms with van der Waals surface area (Å²) in [7, 11) is 3.20. The number of fused-ring (bicyclic) bond motifs is 1. The zero-order chi connectivity index (χ0) is 16.2. The molecule has 2 N–H and O–H groups in total. The Bertz CT molecular complexity index is 659. The molecular weight excluding hydrogens is 296 g/mol. The third-order valence-corrected chi connectivity index (χ3v) is 4.20. The molecule has 2 heterocycles. The summed E-state index contributed by atoms with van der Waals surface area (Å²) in [5, 5.41) is 18.1. The molecule has 1 aliphatic heterocycles. The van der Waals surface area contributed by atoms with Gasteiger partial charge >= 0.3 is 0 Å². The number of benzene rings is 1. The van der Waals surface area contributed by atoms with Crippen LogP contribution in [0.2, 0.25) is 0 Å². The Morgan fingerprint density at radius 3 is 3.04 bits per heavy atom. The predicted molar refractivity (Wildman–Crippen MR) is 84.6 cm³/mol. The molecule has 1 aromatic carbocycles. The zero-order valence-electron chi connectivity index (χ0n) is 13.4. The number of ether oxygens (including phenoxy) is 2. The summed E-state index contributed by atoms with van der Waals surface area (Å²) in [5.74, 6) is 2.38. The number of hydrogen-bond acceptors (Lipinski definition) is 6. The highest BCUT2D eigenvalue weighted by Gasteiger charge is 2.21. The van der Waals surface area contributed by atoms with Gasteiger partial charge in [-0.1, -0.05) is 0 Å². The van der Waals surface area contributed by atoms with E-state index in [0.717, 1.165) is 30.8 Å². The Hall–Kier alpha value is -2.12. The molecule has 0 amide bonds. The Morgan fingerprint density at radius 2 is 2.26 bits per heavy atom. The van der Waals surface area contributed by atoms with Gasteiger partial charge in [-0.2, -0.15) is 5.10 Å². The normalized spacial score (nSPS) is 18.3. The maximum Gasteiger partial charge on any atom is 0.138 e. The molecule has 0 saturated heterocycles. The summed E-state index contributed by atoms with van der Waals surface area (Å²) >= 11 is 0. The molecule has 7 heteroatoms. The quantitative estimate of drug-likeness (QED) is 0.825. The van der Waals surface area contributed by atoms with E-state index >= 15 is 0 Å². The number of nitrogens with one attached hydrogen (secondary N) is 1. The number of hydrogen-bond donors (Lipinski definition) is 2. The average molecular weight is 318 g/mol. The lowest BCUT2D eigenvalue weighted by atomic mass is 10.0. The van der Waals surface area contributed by atoms with Crippen LogP contribution in [0.1, 0.15) is 23.9 Å². The number of aromatic nitrogens is 3. The third-order valence-electron chi connectivity index (χ3n) is 4.20. The van der Waals surface area contributed by atoms with Crippen molar-refractivity contribution < 1.29 is 14.6 Å². The SMILES string of the molecule is COc1ccc(OC)c([C@H](O)CN[C@@H]2CCc3ncnn3C2)c1. The molecule has 2 atom stereocenters. The molecule has 0 saturated carbocycles. The molecule has 1 aliphatic rings. The molecular formula is C16H22N4O3. The summed E-state index contributed by atoms with van der Waals surface area (Å²) in [6, 6.07) is 5.70. The van der Waals surface area contributed by atoms with Crippen molar-refractivity contribution in [3.05, 3.63) is 35.9 Å². The third kappa shape index (κ3) is 3.46. The number of aliphatic hydroxyl groups is 1. The van der Waals surface area contributed by atoms with Gasteiger partial charge in [0.25, 0.3) is 0 Å². The largest absolute Gasteiger partial charge is 0.497 e. The van der Waals surface area contributed by atoms with Gasteiger partial charge < -0.3 is 19.9 Å². The standard InChI is InChI=1S/C16H22N4O3/c1-22-12-4-5-15(23-2)13(7-12)14(21)8-17-11-3-6-16-18-10-19-20(16)9-11/h4-5,7,10-11,14,17,21H,3,6,8-9H2,1-2H3/t11-,14-/m1/s1. The first kappa shape index (κ1) is 15.8. The first-order chi connectivity index (χ1) is 11.2. The van der Waals surface area contributed by atoms with Crippen LogP contribution in [0.3, 0.4) is 0 Å². The number of rotatable bonds is 6. The fourth-order valence-corrected chi connectivity index (χ4v) is 2.89. The second-order valence-corrected chi connectivity index (χ2v) is 5.63. The molecule has 1 aromatic heterocycles. The number of aryl methyl sites for hydroxylation is 1. The van der Waals surface area contributed by atoms with Crippen molar-refractivity contribution in [1.29, 1.82) is 0 Å². The van der Waals surface area contributed by atoms with Crippen LogP contribution in [0.15, 0.2) is 24.5 Å². The van der Waals surface area contributed by atoms with E-state index in [-0.39, 0.29) is 6.04 Å². The van der Waals surface area contributed by atoms with Crippen LogP contribution in [0, 0.1) is 0 Å². The lowest BCUT2D eigenvalue weighted by Gasteiger charge is -2.25. The van der Waals surface area contributed by atoms with Gasteiger partial charge in [-0.15, -0.1) is 0 Å². The summed E-state index contributed by atoms with van der Waals surface area (Å²) in [6.45, 7) is 1.22. The topological polar surface area (TPSA) is 81.4 Å². The van der Waals surface area contributed by atoms with E-state index in [4.69, 9.17) is 9.47 Å². The lowest BCUT2D eigenvalue weighted by molar-refractivity contribution is 0.161. The highest BCUT2D eigenvalue weighted by molar-refractivity contribution is 5.41. The van der Waals surface area contributed by atoms with E-state index in [1.807, 2.05) is 16.8 Å². The van der Waals surface area contributed by atoms with Crippen molar-refractivity contribution in [3.8, 4) is 11.5 Å². The highest BCUT2D eigenvalue weighted by atomic mass is 16.5. The molecule has 0 aliphatic carbocycles. The van der Waals surface area contributed by atoms with Crippen molar-refractivity contribution in [2.75, 3.05) is 20.8 Å². The Labute approximate surface area is 135 Å². The van der Waals surface area contributed by atoms with Crippen molar-refractivity contribution in [2.45, 2.75) is 31.5 Å². The Balaban J connectivity index is 1.62. The second-order valence-electron chi connectivity index (χ2n) is 5.63. The van der Waals surface area contributed by atoms with E-state index in [9.17, 15) is 5.11 Å². The fourth-order valence-electron chi connectivity index (χ4n) is 2.89. The molecule has 0 spiro atoms. The molecule has 23 heavy (non-hydrogen) atoms. The van der Waals surface area contributed by atoms with Crippen molar-refractivity contribution >= 4 is 0 Å². The molecule has 0 radical (unpaired) electrons. The minimum absolute atomic E-state index is 0.274. The van der Waals surface area contributed by atoms with Crippen LogP contribution < -0.4 is 14.8 Å². The Kier molecular flexibility index (Phi) is 4.78. The summed E-state index contributed by atoms with van der Waals surface area (Å²) in [6.07, 6.45) is 2.81. The van der Waals surface area contributed by atoms with Gasteiger partial charge in [-0.05, 0) is 24.6 Å². The fraction of sp³-hybridized carbons (Fsp3) is 0.500. The first-order valence-corrected chi connectivity index (χ1v) is 7.71. The summed E-state index contributed by atoms with van der Waals surface area (Å²) in [5.41, 5.74) is 0.719. The van der Waals surface area contributed by atoms with Gasteiger partial charge in [0.2, 0.25) is 0 Å². The maximum absolute atomic E-state index is 10.5. The van der Waals surface area contributed by atoms with Gasteiger partial charge in [0.1, 0.15) is 23.7 Å². The van der Waals surface area contributed by atoms with Crippen LogP contribution in [-0.4, -0.2) is 46.7 Å². The van der Waals surface area contributed by atoms with Gasteiger partial charge in [0.05, 0.1) is 26.9 Å². The number of aliphatic hydroxyl groups excluding tert-OH is 1. The predicted octanol–water partition coefficient (Wildman–Crippen LogP) is 0.933. The van der Waals surface area contributed by atoms with Gasteiger partial charge in [-0.3, -0.25) is 0 Å².